The fraction of sp³-hybridized carbons (Fsp3) is 0.161. The zero-order valence-electron chi connectivity index (χ0n) is 20.8. The lowest BCUT2D eigenvalue weighted by molar-refractivity contribution is -0.132. The molecule has 0 aliphatic carbocycles. The molecule has 6 heteroatoms. The van der Waals surface area contributed by atoms with Gasteiger partial charge < -0.3 is 19.3 Å². The number of carbonyl (C=O) groups is 2. The molecule has 0 aliphatic heterocycles. The van der Waals surface area contributed by atoms with Gasteiger partial charge in [0.1, 0.15) is 18.9 Å². The number of aliphatic carboxylic acids is 1. The number of hydrogen-bond donors (Lipinski definition) is 1. The molecule has 37 heavy (non-hydrogen) atoms. The van der Waals surface area contributed by atoms with Crippen LogP contribution in [0, 0.1) is 0 Å². The number of nitrogens with zero attached hydrogens (tertiary/aromatic N) is 2. The van der Waals surface area contributed by atoms with E-state index in [1.165, 1.54) is 11.6 Å². The summed E-state index contributed by atoms with van der Waals surface area (Å²) in [5.74, 6) is -0.440. The Labute approximate surface area is 216 Å². The van der Waals surface area contributed by atoms with Crippen molar-refractivity contribution in [3.8, 4) is 5.75 Å². The summed E-state index contributed by atoms with van der Waals surface area (Å²) >= 11 is 0. The van der Waals surface area contributed by atoms with Gasteiger partial charge in [0.15, 0.2) is 0 Å². The quantitative estimate of drug-likeness (QED) is 0.218. The van der Waals surface area contributed by atoms with E-state index in [0.717, 1.165) is 22.9 Å². The van der Waals surface area contributed by atoms with Crippen molar-refractivity contribution in [2.45, 2.75) is 19.6 Å². The van der Waals surface area contributed by atoms with Gasteiger partial charge in [0.2, 0.25) is 5.91 Å². The van der Waals surface area contributed by atoms with E-state index in [4.69, 9.17) is 4.74 Å². The number of amides is 1. The molecule has 1 N–H and O–H groups in total. The highest BCUT2D eigenvalue weighted by Crippen LogP contribution is 2.29. The summed E-state index contributed by atoms with van der Waals surface area (Å²) in [5.41, 5.74) is 3.79. The molecule has 4 aromatic rings. The summed E-state index contributed by atoms with van der Waals surface area (Å²) in [6.45, 7) is 4.77. The minimum Gasteiger partial charge on any atom is -0.489 e. The van der Waals surface area contributed by atoms with Gasteiger partial charge in [-0.05, 0) is 41.8 Å². The lowest BCUT2D eigenvalue weighted by Gasteiger charge is -2.18. The Hall–Kier alpha value is -4.58. The maximum atomic E-state index is 13.1. The second-order valence-corrected chi connectivity index (χ2v) is 8.83. The lowest BCUT2D eigenvalue weighted by atomic mass is 10.1. The zero-order chi connectivity index (χ0) is 26.2. The predicted molar refractivity (Wildman–Crippen MR) is 146 cm³/mol. The summed E-state index contributed by atoms with van der Waals surface area (Å²) < 4.78 is 7.85. The lowest BCUT2D eigenvalue weighted by Crippen LogP contribution is -2.31. The van der Waals surface area contributed by atoms with Crippen molar-refractivity contribution in [2.75, 3.05) is 13.6 Å². The molecule has 1 heterocycles. The van der Waals surface area contributed by atoms with Crippen LogP contribution in [0.2, 0.25) is 0 Å². The van der Waals surface area contributed by atoms with E-state index in [1.807, 2.05) is 83.4 Å². The number of ether oxygens (including phenoxy) is 1. The third-order valence-corrected chi connectivity index (χ3v) is 6.22. The topological polar surface area (TPSA) is 71.8 Å². The molecule has 4 rings (SSSR count). The first-order chi connectivity index (χ1) is 17.9. The fourth-order valence-electron chi connectivity index (χ4n) is 4.09. The second-order valence-electron chi connectivity index (χ2n) is 8.83. The SMILES string of the molecule is C=CC(=Cc1cn(CC(=O)N(C)CCc2ccccc2)c2ccc(OCc3ccccc3)cc12)C(=O)O. The van der Waals surface area contributed by atoms with Crippen molar-refractivity contribution >= 4 is 28.9 Å². The molecule has 188 valence electrons. The highest BCUT2D eigenvalue weighted by molar-refractivity contribution is 6.00. The van der Waals surface area contributed by atoms with Gasteiger partial charge in [-0.15, -0.1) is 0 Å². The first-order valence-electron chi connectivity index (χ1n) is 12.1. The van der Waals surface area contributed by atoms with Crippen LogP contribution in [0.15, 0.2) is 103 Å². The molecule has 0 aliphatic rings. The number of hydrogen-bond acceptors (Lipinski definition) is 3. The Morgan fingerprint density at radius 3 is 2.32 bits per heavy atom. The zero-order valence-corrected chi connectivity index (χ0v) is 20.8. The van der Waals surface area contributed by atoms with E-state index in [9.17, 15) is 14.7 Å². The summed E-state index contributed by atoms with van der Waals surface area (Å²) in [6, 6.07) is 25.6. The number of carboxylic acids is 1. The Morgan fingerprint density at radius 1 is 1.00 bits per heavy atom. The number of aromatic nitrogens is 1. The van der Waals surface area contributed by atoms with Crippen molar-refractivity contribution < 1.29 is 19.4 Å². The van der Waals surface area contributed by atoms with Gasteiger partial charge in [-0.1, -0.05) is 73.3 Å². The van der Waals surface area contributed by atoms with Gasteiger partial charge in [-0.3, -0.25) is 4.79 Å². The average molecular weight is 495 g/mol. The van der Waals surface area contributed by atoms with E-state index >= 15 is 0 Å². The van der Waals surface area contributed by atoms with E-state index in [2.05, 4.69) is 6.58 Å². The predicted octanol–water partition coefficient (Wildman–Crippen LogP) is 5.58. The van der Waals surface area contributed by atoms with Crippen LogP contribution in [-0.2, 0) is 29.2 Å². The number of carbonyl (C=O) groups excluding carboxylic acids is 1. The van der Waals surface area contributed by atoms with Gasteiger partial charge >= 0.3 is 5.97 Å². The van der Waals surface area contributed by atoms with Gasteiger partial charge in [-0.25, -0.2) is 4.79 Å². The standard InChI is InChI=1S/C31H30N2O4/c1-3-25(31(35)36)18-26-20-33(21-30(34)32(2)17-16-23-10-6-4-7-11-23)29-15-14-27(19-28(26)29)37-22-24-12-8-5-9-13-24/h3-15,18-20H,1,16-17,21-22H2,2H3,(H,35,36). The molecular formula is C31H30N2O4. The second kappa shape index (κ2) is 11.9. The molecule has 6 nitrogen and oxygen atoms in total. The van der Waals surface area contributed by atoms with Crippen LogP contribution >= 0.6 is 0 Å². The molecule has 0 saturated carbocycles. The van der Waals surface area contributed by atoms with Crippen molar-refractivity contribution in [3.05, 3.63) is 120 Å². The molecule has 0 atom stereocenters. The third-order valence-electron chi connectivity index (χ3n) is 6.22. The largest absolute Gasteiger partial charge is 0.489 e. The molecule has 0 radical (unpaired) electrons. The van der Waals surface area contributed by atoms with Crippen LogP contribution in [-0.4, -0.2) is 40.0 Å². The summed E-state index contributed by atoms with van der Waals surface area (Å²) in [4.78, 5) is 26.4. The van der Waals surface area contributed by atoms with Crippen LogP contribution in [0.3, 0.4) is 0 Å². The molecule has 0 saturated heterocycles. The van der Waals surface area contributed by atoms with Gasteiger partial charge in [0.05, 0.1) is 5.57 Å². The van der Waals surface area contributed by atoms with Crippen LogP contribution < -0.4 is 4.74 Å². The normalized spacial score (nSPS) is 11.3. The molecule has 3 aromatic carbocycles. The molecular weight excluding hydrogens is 464 g/mol. The van der Waals surface area contributed by atoms with Gasteiger partial charge in [0, 0.05) is 36.3 Å². The van der Waals surface area contributed by atoms with Gasteiger partial charge in [0.25, 0.3) is 0 Å². The van der Waals surface area contributed by atoms with Crippen LogP contribution in [0.25, 0.3) is 17.0 Å². The number of likely N-dealkylation sites (N-methyl/N-ethyl adjacent to an activating group) is 1. The van der Waals surface area contributed by atoms with E-state index in [0.29, 0.717) is 24.5 Å². The molecule has 0 fully saturated rings. The monoisotopic (exact) mass is 494 g/mol. The highest BCUT2D eigenvalue weighted by Gasteiger charge is 2.15. The molecule has 0 unspecified atom stereocenters. The van der Waals surface area contributed by atoms with Crippen molar-refractivity contribution in [2.24, 2.45) is 0 Å². The summed E-state index contributed by atoms with van der Waals surface area (Å²) in [6.07, 6.45) is 5.45. The smallest absolute Gasteiger partial charge is 0.335 e. The van der Waals surface area contributed by atoms with Crippen LogP contribution in [0.5, 0.6) is 5.75 Å². The number of rotatable bonds is 11. The van der Waals surface area contributed by atoms with Crippen molar-refractivity contribution in [1.29, 1.82) is 0 Å². The minimum atomic E-state index is -1.07. The third kappa shape index (κ3) is 6.55. The molecule has 1 amide bonds. The van der Waals surface area contributed by atoms with Gasteiger partial charge in [-0.2, -0.15) is 0 Å². The number of benzene rings is 3. The Morgan fingerprint density at radius 2 is 1.68 bits per heavy atom. The number of carboxylic acid groups (broad SMARTS) is 1. The highest BCUT2D eigenvalue weighted by atomic mass is 16.5. The molecule has 0 bridgehead atoms. The Balaban J connectivity index is 1.58. The maximum absolute atomic E-state index is 13.1. The Kier molecular flexibility index (Phi) is 8.21. The van der Waals surface area contributed by atoms with E-state index < -0.39 is 5.97 Å². The average Bonchev–Trinajstić information content (AvgIpc) is 3.26. The summed E-state index contributed by atoms with van der Waals surface area (Å²) in [7, 11) is 1.80. The van der Waals surface area contributed by atoms with E-state index in [-0.39, 0.29) is 18.0 Å². The first kappa shape index (κ1) is 25.5. The van der Waals surface area contributed by atoms with Crippen LogP contribution in [0.1, 0.15) is 16.7 Å². The van der Waals surface area contributed by atoms with E-state index in [1.54, 1.807) is 24.2 Å². The molecule has 1 aromatic heterocycles. The minimum absolute atomic E-state index is 0.0325. The number of fused-ring (bicyclic) bond motifs is 1. The first-order valence-corrected chi connectivity index (χ1v) is 12.1. The van der Waals surface area contributed by atoms with Crippen molar-refractivity contribution in [1.82, 2.24) is 9.47 Å². The molecule has 0 spiro atoms. The maximum Gasteiger partial charge on any atom is 0.335 e. The Bertz CT molecular complexity index is 1420. The fourth-order valence-corrected chi connectivity index (χ4v) is 4.09. The summed E-state index contributed by atoms with van der Waals surface area (Å²) in [5, 5.41) is 10.3. The van der Waals surface area contributed by atoms with Crippen LogP contribution in [0.4, 0.5) is 0 Å². The van der Waals surface area contributed by atoms with Crippen molar-refractivity contribution in [3.63, 3.8) is 0 Å².